The molecule has 5 nitrogen and oxygen atoms in total. The number of hydrogen-bond acceptors (Lipinski definition) is 4. The van der Waals surface area contributed by atoms with E-state index in [9.17, 15) is 4.79 Å². The van der Waals surface area contributed by atoms with Gasteiger partial charge in [0.05, 0.1) is 30.3 Å². The van der Waals surface area contributed by atoms with E-state index in [1.165, 1.54) is 7.11 Å². The van der Waals surface area contributed by atoms with E-state index in [4.69, 9.17) is 5.73 Å². The third-order valence-electron chi connectivity index (χ3n) is 3.04. The molecule has 2 rings (SSSR count). The molecule has 2 aromatic rings. The molecular weight excluding hydrogens is 230 g/mol. The van der Waals surface area contributed by atoms with Crippen molar-refractivity contribution in [3.8, 4) is 0 Å². The monoisotopic (exact) mass is 247 g/mol. The van der Waals surface area contributed by atoms with E-state index in [0.717, 1.165) is 10.9 Å². The zero-order valence-electron chi connectivity index (χ0n) is 10.8. The number of aromatic nitrogens is 2. The number of aryl methyl sites for hydroxylation is 1. The molecule has 96 valence electrons. The number of fused-ring (bicyclic) bond motifs is 1. The lowest BCUT2D eigenvalue weighted by Crippen LogP contribution is -2.36. The fraction of sp³-hybridized carbons (Fsp3) is 0.385. The molecule has 0 saturated heterocycles. The number of ether oxygens (including phenoxy) is 1. The van der Waals surface area contributed by atoms with Crippen molar-refractivity contribution in [1.82, 2.24) is 9.78 Å². The first-order chi connectivity index (χ1) is 8.45. The van der Waals surface area contributed by atoms with Gasteiger partial charge in [0.25, 0.3) is 0 Å². The summed E-state index contributed by atoms with van der Waals surface area (Å²) in [5.74, 6) is -0.338. The van der Waals surface area contributed by atoms with Crippen molar-refractivity contribution in [2.45, 2.75) is 18.9 Å². The lowest BCUT2D eigenvalue weighted by molar-refractivity contribution is -0.142. The van der Waals surface area contributed by atoms with E-state index in [2.05, 4.69) is 9.84 Å². The van der Waals surface area contributed by atoms with Gasteiger partial charge in [-0.3, -0.25) is 9.48 Å². The van der Waals surface area contributed by atoms with Gasteiger partial charge < -0.3 is 10.5 Å². The Morgan fingerprint density at radius 1 is 1.50 bits per heavy atom. The second-order valence-electron chi connectivity index (χ2n) is 4.66. The largest absolute Gasteiger partial charge is 0.469 e. The van der Waals surface area contributed by atoms with Crippen LogP contribution in [0.25, 0.3) is 10.9 Å². The minimum atomic E-state index is -0.839. The van der Waals surface area contributed by atoms with E-state index in [1.54, 1.807) is 11.6 Å². The SMILES string of the molecule is COC(=O)C[C@](C)(N)c1nn(C)c2ccccc12. The molecule has 1 aromatic carbocycles. The normalized spacial score (nSPS) is 14.4. The second kappa shape index (κ2) is 4.42. The van der Waals surface area contributed by atoms with Crippen molar-refractivity contribution in [1.29, 1.82) is 0 Å². The van der Waals surface area contributed by atoms with Crippen LogP contribution in [-0.4, -0.2) is 22.9 Å². The predicted octanol–water partition coefficient (Wildman–Crippen LogP) is 1.31. The lowest BCUT2D eigenvalue weighted by Gasteiger charge is -2.21. The summed E-state index contributed by atoms with van der Waals surface area (Å²) in [5, 5.41) is 5.40. The first-order valence-electron chi connectivity index (χ1n) is 5.73. The maximum Gasteiger partial charge on any atom is 0.307 e. The number of hydrogen-bond donors (Lipinski definition) is 1. The smallest absolute Gasteiger partial charge is 0.307 e. The third kappa shape index (κ3) is 2.09. The van der Waals surface area contributed by atoms with Crippen LogP contribution in [0.4, 0.5) is 0 Å². The van der Waals surface area contributed by atoms with Gasteiger partial charge in [-0.15, -0.1) is 0 Å². The summed E-state index contributed by atoms with van der Waals surface area (Å²) in [5.41, 5.74) is 7.09. The Labute approximate surface area is 106 Å². The zero-order valence-corrected chi connectivity index (χ0v) is 10.8. The summed E-state index contributed by atoms with van der Waals surface area (Å²) < 4.78 is 6.44. The van der Waals surface area contributed by atoms with Crippen LogP contribution in [0.15, 0.2) is 24.3 Å². The van der Waals surface area contributed by atoms with Gasteiger partial charge in [-0.1, -0.05) is 18.2 Å². The van der Waals surface area contributed by atoms with E-state index in [1.807, 2.05) is 31.3 Å². The Bertz CT molecular complexity index is 587. The van der Waals surface area contributed by atoms with E-state index < -0.39 is 5.54 Å². The topological polar surface area (TPSA) is 70.1 Å². The Balaban J connectivity index is 2.50. The van der Waals surface area contributed by atoms with Gasteiger partial charge in [-0.2, -0.15) is 5.10 Å². The van der Waals surface area contributed by atoms with Gasteiger partial charge in [0, 0.05) is 12.4 Å². The fourth-order valence-corrected chi connectivity index (χ4v) is 2.09. The Morgan fingerprint density at radius 3 is 2.83 bits per heavy atom. The highest BCUT2D eigenvalue weighted by molar-refractivity contribution is 5.83. The lowest BCUT2D eigenvalue weighted by atomic mass is 9.92. The molecule has 0 aliphatic heterocycles. The summed E-state index contributed by atoms with van der Waals surface area (Å²) in [6, 6.07) is 7.81. The number of rotatable bonds is 3. The van der Waals surface area contributed by atoms with Crippen molar-refractivity contribution >= 4 is 16.9 Å². The summed E-state index contributed by atoms with van der Waals surface area (Å²) in [7, 11) is 3.22. The molecule has 1 atom stereocenters. The number of benzene rings is 1. The highest BCUT2D eigenvalue weighted by Gasteiger charge is 2.30. The van der Waals surface area contributed by atoms with Crippen LogP contribution in [0, 0.1) is 0 Å². The highest BCUT2D eigenvalue weighted by Crippen LogP contribution is 2.28. The van der Waals surface area contributed by atoms with Gasteiger partial charge in [0.1, 0.15) is 0 Å². The number of carbonyl (C=O) groups is 1. The molecule has 0 saturated carbocycles. The first kappa shape index (κ1) is 12.6. The highest BCUT2D eigenvalue weighted by atomic mass is 16.5. The second-order valence-corrected chi connectivity index (χ2v) is 4.66. The Kier molecular flexibility index (Phi) is 3.09. The fourth-order valence-electron chi connectivity index (χ4n) is 2.09. The van der Waals surface area contributed by atoms with Crippen LogP contribution in [0.1, 0.15) is 19.0 Å². The van der Waals surface area contributed by atoms with Crippen molar-refractivity contribution in [3.05, 3.63) is 30.0 Å². The average Bonchev–Trinajstić information content (AvgIpc) is 2.68. The van der Waals surface area contributed by atoms with Crippen LogP contribution >= 0.6 is 0 Å². The van der Waals surface area contributed by atoms with Crippen LogP contribution < -0.4 is 5.73 Å². The Hall–Kier alpha value is -1.88. The van der Waals surface area contributed by atoms with Crippen LogP contribution in [0.3, 0.4) is 0 Å². The number of methoxy groups -OCH3 is 1. The molecule has 1 heterocycles. The molecule has 1 aromatic heterocycles. The number of carbonyl (C=O) groups excluding carboxylic acids is 1. The van der Waals surface area contributed by atoms with Gasteiger partial charge in [-0.25, -0.2) is 0 Å². The minimum Gasteiger partial charge on any atom is -0.469 e. The molecule has 0 fully saturated rings. The van der Waals surface area contributed by atoms with Gasteiger partial charge in [0.2, 0.25) is 0 Å². The summed E-state index contributed by atoms with van der Waals surface area (Å²) in [4.78, 5) is 11.4. The molecule has 0 unspecified atom stereocenters. The van der Waals surface area contributed by atoms with Gasteiger partial charge in [-0.05, 0) is 13.0 Å². The quantitative estimate of drug-likeness (QED) is 0.830. The first-order valence-corrected chi connectivity index (χ1v) is 5.73. The van der Waals surface area contributed by atoms with Crippen molar-refractivity contribution in [3.63, 3.8) is 0 Å². The maximum atomic E-state index is 11.4. The molecule has 0 bridgehead atoms. The zero-order chi connectivity index (χ0) is 13.3. The van der Waals surface area contributed by atoms with Crippen LogP contribution in [0.5, 0.6) is 0 Å². The van der Waals surface area contributed by atoms with E-state index in [-0.39, 0.29) is 12.4 Å². The standard InChI is InChI=1S/C13H17N3O2/c1-13(14,8-11(17)18-3)12-9-6-4-5-7-10(9)16(2)15-12/h4-7H,8,14H2,1-3H3/t13-/m0/s1. The number of nitrogens with zero attached hydrogens (tertiary/aromatic N) is 2. The van der Waals surface area contributed by atoms with E-state index >= 15 is 0 Å². The third-order valence-corrected chi connectivity index (χ3v) is 3.04. The number of esters is 1. The summed E-state index contributed by atoms with van der Waals surface area (Å²) >= 11 is 0. The van der Waals surface area contributed by atoms with E-state index in [0.29, 0.717) is 5.69 Å². The predicted molar refractivity (Wildman–Crippen MR) is 68.9 cm³/mol. The van der Waals surface area contributed by atoms with Gasteiger partial charge in [0.15, 0.2) is 0 Å². The molecule has 0 aliphatic rings. The molecule has 0 aliphatic carbocycles. The van der Waals surface area contributed by atoms with Gasteiger partial charge >= 0.3 is 5.97 Å². The minimum absolute atomic E-state index is 0.102. The van der Waals surface area contributed by atoms with Crippen molar-refractivity contribution in [2.75, 3.05) is 7.11 Å². The summed E-state index contributed by atoms with van der Waals surface area (Å²) in [6.07, 6.45) is 0.102. The maximum absolute atomic E-state index is 11.4. The van der Waals surface area contributed by atoms with Crippen LogP contribution in [-0.2, 0) is 22.1 Å². The molecular formula is C13H17N3O2. The number of nitrogens with two attached hydrogens (primary N) is 1. The molecule has 0 radical (unpaired) electrons. The van der Waals surface area contributed by atoms with Crippen molar-refractivity contribution in [2.24, 2.45) is 12.8 Å². The average molecular weight is 247 g/mol. The Morgan fingerprint density at radius 2 is 2.17 bits per heavy atom. The molecule has 0 amide bonds. The molecule has 5 heteroatoms. The number of para-hydroxylation sites is 1. The van der Waals surface area contributed by atoms with Crippen molar-refractivity contribution < 1.29 is 9.53 Å². The molecule has 0 spiro atoms. The molecule has 18 heavy (non-hydrogen) atoms. The molecule has 2 N–H and O–H groups in total. The van der Waals surface area contributed by atoms with Crippen LogP contribution in [0.2, 0.25) is 0 Å². The summed E-state index contributed by atoms with van der Waals surface area (Å²) in [6.45, 7) is 1.79.